The largest absolute Gasteiger partial charge is 0.480 e. The summed E-state index contributed by atoms with van der Waals surface area (Å²) in [7, 11) is 0. The Hall–Kier alpha value is -2.14. The van der Waals surface area contributed by atoms with Crippen molar-refractivity contribution in [3.05, 3.63) is 53.9 Å². The third-order valence-electron chi connectivity index (χ3n) is 2.97. The molecule has 0 bridgehead atoms. The molecule has 1 atom stereocenters. The molecule has 5 heteroatoms. The average Bonchev–Trinajstić information content (AvgIpc) is 2.87. The molecule has 1 unspecified atom stereocenters. The lowest BCUT2D eigenvalue weighted by Gasteiger charge is -2.15. The van der Waals surface area contributed by atoms with Gasteiger partial charge >= 0.3 is 5.97 Å². The number of carboxylic acids is 1. The van der Waals surface area contributed by atoms with E-state index in [1.165, 1.54) is 0 Å². The van der Waals surface area contributed by atoms with Gasteiger partial charge in [0.1, 0.15) is 6.04 Å². The highest BCUT2D eigenvalue weighted by atomic mass is 16.4. The van der Waals surface area contributed by atoms with Gasteiger partial charge < -0.3 is 5.11 Å². The summed E-state index contributed by atoms with van der Waals surface area (Å²) in [6, 6.07) is 10.3. The Kier molecular flexibility index (Phi) is 4.30. The Morgan fingerprint density at radius 3 is 2.74 bits per heavy atom. The van der Waals surface area contributed by atoms with Gasteiger partial charge in [0.25, 0.3) is 0 Å². The van der Waals surface area contributed by atoms with Gasteiger partial charge in [-0.15, -0.1) is 0 Å². The van der Waals surface area contributed by atoms with Crippen LogP contribution in [0.2, 0.25) is 0 Å². The van der Waals surface area contributed by atoms with E-state index >= 15 is 0 Å². The molecule has 0 radical (unpaired) electrons. The normalized spacial score (nSPS) is 12.3. The first-order valence-electron chi connectivity index (χ1n) is 6.24. The molecule has 2 N–H and O–H groups in total. The van der Waals surface area contributed by atoms with E-state index in [4.69, 9.17) is 0 Å². The SMILES string of the molecule is CCn1nccc1CNC(C(=O)O)c1ccccc1. The van der Waals surface area contributed by atoms with E-state index in [1.807, 2.05) is 48.0 Å². The number of hydrogen-bond donors (Lipinski definition) is 2. The number of hydrogen-bond acceptors (Lipinski definition) is 3. The molecule has 1 heterocycles. The van der Waals surface area contributed by atoms with Crippen molar-refractivity contribution in [2.75, 3.05) is 0 Å². The molecule has 0 aliphatic heterocycles. The van der Waals surface area contributed by atoms with Gasteiger partial charge in [0, 0.05) is 19.3 Å². The first-order chi connectivity index (χ1) is 9.22. The van der Waals surface area contributed by atoms with Crippen molar-refractivity contribution in [2.24, 2.45) is 0 Å². The van der Waals surface area contributed by atoms with E-state index in [0.717, 1.165) is 17.8 Å². The van der Waals surface area contributed by atoms with Crippen LogP contribution in [-0.2, 0) is 17.9 Å². The topological polar surface area (TPSA) is 67.2 Å². The molecular formula is C14H17N3O2. The van der Waals surface area contributed by atoms with Crippen LogP contribution in [0.4, 0.5) is 0 Å². The maximum atomic E-state index is 11.3. The second-order valence-corrected chi connectivity index (χ2v) is 4.20. The van der Waals surface area contributed by atoms with E-state index < -0.39 is 12.0 Å². The maximum absolute atomic E-state index is 11.3. The minimum absolute atomic E-state index is 0.472. The minimum atomic E-state index is -0.881. The van der Waals surface area contributed by atoms with Crippen molar-refractivity contribution in [1.29, 1.82) is 0 Å². The van der Waals surface area contributed by atoms with Gasteiger partial charge in [0.15, 0.2) is 0 Å². The molecule has 0 aliphatic rings. The van der Waals surface area contributed by atoms with Crippen molar-refractivity contribution >= 4 is 5.97 Å². The minimum Gasteiger partial charge on any atom is -0.480 e. The predicted octanol–water partition coefficient (Wildman–Crippen LogP) is 1.82. The van der Waals surface area contributed by atoms with Crippen LogP contribution < -0.4 is 5.32 Å². The summed E-state index contributed by atoms with van der Waals surface area (Å²) >= 11 is 0. The molecule has 0 saturated carbocycles. The second kappa shape index (κ2) is 6.15. The van der Waals surface area contributed by atoms with E-state index in [9.17, 15) is 9.90 Å². The van der Waals surface area contributed by atoms with E-state index in [0.29, 0.717) is 6.54 Å². The maximum Gasteiger partial charge on any atom is 0.325 e. The smallest absolute Gasteiger partial charge is 0.325 e. The van der Waals surface area contributed by atoms with Crippen LogP contribution in [0.5, 0.6) is 0 Å². The van der Waals surface area contributed by atoms with Crippen LogP contribution in [0.3, 0.4) is 0 Å². The number of aliphatic carboxylic acids is 1. The zero-order valence-corrected chi connectivity index (χ0v) is 10.8. The van der Waals surface area contributed by atoms with Crippen LogP contribution in [0.1, 0.15) is 24.2 Å². The Morgan fingerprint density at radius 2 is 2.11 bits per heavy atom. The van der Waals surface area contributed by atoms with Crippen LogP contribution in [0, 0.1) is 0 Å². The number of rotatable bonds is 6. The molecule has 0 aliphatic carbocycles. The summed E-state index contributed by atoms with van der Waals surface area (Å²) in [4.78, 5) is 11.3. The molecule has 0 fully saturated rings. The Labute approximate surface area is 111 Å². The first kappa shape index (κ1) is 13.3. The van der Waals surface area contributed by atoms with Gasteiger partial charge in [-0.05, 0) is 18.6 Å². The summed E-state index contributed by atoms with van der Waals surface area (Å²) < 4.78 is 1.84. The third-order valence-corrected chi connectivity index (χ3v) is 2.97. The van der Waals surface area contributed by atoms with Crippen molar-refractivity contribution in [1.82, 2.24) is 15.1 Å². The van der Waals surface area contributed by atoms with Crippen molar-refractivity contribution in [3.63, 3.8) is 0 Å². The lowest BCUT2D eigenvalue weighted by molar-refractivity contribution is -0.139. The lowest BCUT2D eigenvalue weighted by Crippen LogP contribution is -2.29. The van der Waals surface area contributed by atoms with Gasteiger partial charge in [-0.25, -0.2) is 0 Å². The molecule has 5 nitrogen and oxygen atoms in total. The molecule has 0 amide bonds. The van der Waals surface area contributed by atoms with Crippen molar-refractivity contribution in [2.45, 2.75) is 26.1 Å². The number of nitrogens with zero attached hydrogens (tertiary/aromatic N) is 2. The standard InChI is InChI=1S/C14H17N3O2/c1-2-17-12(8-9-16-17)10-15-13(14(18)19)11-6-4-3-5-7-11/h3-9,13,15H,2,10H2,1H3,(H,18,19). The van der Waals surface area contributed by atoms with Gasteiger partial charge in [0.05, 0.1) is 5.69 Å². The molecule has 0 saturated heterocycles. The van der Waals surface area contributed by atoms with Crippen LogP contribution in [0.15, 0.2) is 42.6 Å². The van der Waals surface area contributed by atoms with Crippen LogP contribution in [-0.4, -0.2) is 20.9 Å². The molecule has 100 valence electrons. The fourth-order valence-electron chi connectivity index (χ4n) is 1.99. The summed E-state index contributed by atoms with van der Waals surface area (Å²) in [5.41, 5.74) is 1.72. The predicted molar refractivity (Wildman–Crippen MR) is 71.6 cm³/mol. The van der Waals surface area contributed by atoms with Crippen molar-refractivity contribution < 1.29 is 9.90 Å². The highest BCUT2D eigenvalue weighted by molar-refractivity contribution is 5.75. The Bertz CT molecular complexity index is 537. The number of aryl methyl sites for hydroxylation is 1. The summed E-state index contributed by atoms with van der Waals surface area (Å²) in [6.45, 7) is 3.25. The third kappa shape index (κ3) is 3.20. The van der Waals surface area contributed by atoms with Gasteiger partial charge in [-0.2, -0.15) is 5.10 Å². The average molecular weight is 259 g/mol. The number of carbonyl (C=O) groups is 1. The zero-order valence-electron chi connectivity index (χ0n) is 10.8. The highest BCUT2D eigenvalue weighted by Gasteiger charge is 2.19. The molecule has 2 rings (SSSR count). The molecule has 0 spiro atoms. The number of carboxylic acid groups (broad SMARTS) is 1. The van der Waals surface area contributed by atoms with Crippen LogP contribution >= 0.6 is 0 Å². The van der Waals surface area contributed by atoms with Gasteiger partial charge in [0.2, 0.25) is 0 Å². The zero-order chi connectivity index (χ0) is 13.7. The molecule has 1 aromatic carbocycles. The van der Waals surface area contributed by atoms with Gasteiger partial charge in [-0.1, -0.05) is 30.3 Å². The molecular weight excluding hydrogens is 242 g/mol. The fraction of sp³-hybridized carbons (Fsp3) is 0.286. The first-order valence-corrected chi connectivity index (χ1v) is 6.24. The van der Waals surface area contributed by atoms with E-state index in [1.54, 1.807) is 6.20 Å². The second-order valence-electron chi connectivity index (χ2n) is 4.20. The summed E-state index contributed by atoms with van der Waals surface area (Å²) in [5.74, 6) is -0.881. The monoisotopic (exact) mass is 259 g/mol. The number of benzene rings is 1. The van der Waals surface area contributed by atoms with E-state index in [2.05, 4.69) is 10.4 Å². The summed E-state index contributed by atoms with van der Waals surface area (Å²) in [5, 5.41) is 16.5. The molecule has 2 aromatic rings. The lowest BCUT2D eigenvalue weighted by atomic mass is 10.1. The van der Waals surface area contributed by atoms with Crippen LogP contribution in [0.25, 0.3) is 0 Å². The van der Waals surface area contributed by atoms with Gasteiger partial charge in [-0.3, -0.25) is 14.8 Å². The van der Waals surface area contributed by atoms with Crippen molar-refractivity contribution in [3.8, 4) is 0 Å². The summed E-state index contributed by atoms with van der Waals surface area (Å²) in [6.07, 6.45) is 1.72. The quantitative estimate of drug-likeness (QED) is 0.830. The van der Waals surface area contributed by atoms with E-state index in [-0.39, 0.29) is 0 Å². The number of aromatic nitrogens is 2. The number of nitrogens with one attached hydrogen (secondary N) is 1. The molecule has 1 aromatic heterocycles. The fourth-order valence-corrected chi connectivity index (χ4v) is 1.99. The Morgan fingerprint density at radius 1 is 1.37 bits per heavy atom. The molecule has 19 heavy (non-hydrogen) atoms. The Balaban J connectivity index is 2.09. The highest BCUT2D eigenvalue weighted by Crippen LogP contribution is 2.13.